The molecule has 38 heavy (non-hydrogen) atoms. The Labute approximate surface area is 222 Å². The molecule has 3 aromatic rings. The minimum absolute atomic E-state index is 0.0733. The van der Waals surface area contributed by atoms with Gasteiger partial charge in [0, 0.05) is 17.9 Å². The minimum Gasteiger partial charge on any atom is -0.457 e. The van der Waals surface area contributed by atoms with Gasteiger partial charge < -0.3 is 26.0 Å². The predicted molar refractivity (Wildman–Crippen MR) is 148 cm³/mol. The number of para-hydroxylation sites is 1. The lowest BCUT2D eigenvalue weighted by atomic mass is 10.2. The number of nitrogens with two attached hydrogens (primary N) is 1. The summed E-state index contributed by atoms with van der Waals surface area (Å²) < 4.78 is 5.78. The quantitative estimate of drug-likeness (QED) is 0.286. The van der Waals surface area contributed by atoms with E-state index in [0.29, 0.717) is 18.0 Å². The molecule has 0 radical (unpaired) electrons. The molecule has 0 bridgehead atoms. The lowest BCUT2D eigenvalue weighted by molar-refractivity contribution is -0.117. The second kappa shape index (κ2) is 14.4. The highest BCUT2D eigenvalue weighted by Gasteiger charge is 2.09. The second-order valence-electron chi connectivity index (χ2n) is 8.96. The number of primary amides is 1. The first-order valence-corrected chi connectivity index (χ1v) is 12.2. The van der Waals surface area contributed by atoms with Gasteiger partial charge in [-0.1, -0.05) is 30.3 Å². The summed E-state index contributed by atoms with van der Waals surface area (Å²) in [5.41, 5.74) is 7.29. The Morgan fingerprint density at radius 1 is 0.763 bits per heavy atom. The van der Waals surface area contributed by atoms with E-state index in [4.69, 9.17) is 10.5 Å². The van der Waals surface area contributed by atoms with Gasteiger partial charge in [0.1, 0.15) is 11.5 Å². The summed E-state index contributed by atoms with van der Waals surface area (Å²) in [5, 5.41) is 7.41. The molecule has 5 amide bonds. The number of carbonyl (C=O) groups excluding carboxylic acids is 3. The highest BCUT2D eigenvalue weighted by Crippen LogP contribution is 2.22. The number of carbonyl (C=O) groups is 3. The van der Waals surface area contributed by atoms with Crippen LogP contribution in [0.25, 0.3) is 0 Å². The van der Waals surface area contributed by atoms with Crippen LogP contribution in [0.3, 0.4) is 0 Å². The molecular weight excluding hydrogens is 484 g/mol. The van der Waals surface area contributed by atoms with Gasteiger partial charge in [-0.05, 0) is 87.7 Å². The van der Waals surface area contributed by atoms with E-state index in [1.165, 1.54) is 0 Å². The summed E-state index contributed by atoms with van der Waals surface area (Å²) in [4.78, 5) is 38.8. The summed E-state index contributed by atoms with van der Waals surface area (Å²) in [6, 6.07) is 22.6. The van der Waals surface area contributed by atoms with Gasteiger partial charge in [-0.3, -0.25) is 15.0 Å². The van der Waals surface area contributed by atoms with Crippen LogP contribution in [0.4, 0.5) is 21.0 Å². The van der Waals surface area contributed by atoms with E-state index in [1.807, 2.05) is 91.0 Å². The first kappa shape index (κ1) is 28.2. The third-order valence-corrected chi connectivity index (χ3v) is 5.51. The van der Waals surface area contributed by atoms with Crippen LogP contribution < -0.4 is 26.4 Å². The maximum Gasteiger partial charge on any atom is 0.327 e. The topological polar surface area (TPSA) is 129 Å². The fourth-order valence-electron chi connectivity index (χ4n) is 3.72. The summed E-state index contributed by atoms with van der Waals surface area (Å²) in [6.45, 7) is 2.67. The van der Waals surface area contributed by atoms with Crippen LogP contribution in [0.2, 0.25) is 0 Å². The molecule has 0 unspecified atom stereocenters. The first-order chi connectivity index (χ1) is 18.3. The highest BCUT2D eigenvalue weighted by molar-refractivity contribution is 6.00. The molecule has 3 rings (SSSR count). The fraction of sp³-hybridized carbons (Fsp3) is 0.250. The number of anilines is 2. The van der Waals surface area contributed by atoms with Crippen molar-refractivity contribution in [2.45, 2.75) is 13.0 Å². The minimum atomic E-state index is -0.910. The van der Waals surface area contributed by atoms with Crippen molar-refractivity contribution in [3.05, 3.63) is 84.4 Å². The Hall–Kier alpha value is -4.41. The largest absolute Gasteiger partial charge is 0.457 e. The van der Waals surface area contributed by atoms with E-state index in [1.54, 1.807) is 12.1 Å². The molecule has 0 fully saturated rings. The highest BCUT2D eigenvalue weighted by atomic mass is 16.5. The van der Waals surface area contributed by atoms with Crippen molar-refractivity contribution < 1.29 is 19.1 Å². The van der Waals surface area contributed by atoms with Crippen molar-refractivity contribution in [3.63, 3.8) is 0 Å². The number of imide groups is 1. The lowest BCUT2D eigenvalue weighted by Crippen LogP contribution is -2.38. The molecule has 0 heterocycles. The van der Waals surface area contributed by atoms with Crippen LogP contribution in [0.5, 0.6) is 11.5 Å². The maximum absolute atomic E-state index is 12.4. The standard InChI is InChI=1S/C28H34N6O4/c1-33(19-21-9-11-23(12-10-21)31-28(37)32-27(29)36)17-6-18-34(2)20-26(35)30-22-13-15-25(16-14-22)38-24-7-4-3-5-8-24/h3-5,7-16H,6,17-20H2,1-2H3,(H,30,35)(H4,29,31,32,36,37). The molecule has 0 aliphatic heterocycles. The number of benzene rings is 3. The number of hydrogen-bond donors (Lipinski definition) is 4. The summed E-state index contributed by atoms with van der Waals surface area (Å²) in [6.07, 6.45) is 0.902. The van der Waals surface area contributed by atoms with Gasteiger partial charge >= 0.3 is 12.1 Å². The summed E-state index contributed by atoms with van der Waals surface area (Å²) >= 11 is 0. The Morgan fingerprint density at radius 3 is 2.00 bits per heavy atom. The van der Waals surface area contributed by atoms with Crippen molar-refractivity contribution in [1.82, 2.24) is 15.1 Å². The third-order valence-electron chi connectivity index (χ3n) is 5.51. The summed E-state index contributed by atoms with van der Waals surface area (Å²) in [7, 11) is 3.96. The second-order valence-corrected chi connectivity index (χ2v) is 8.96. The van der Waals surface area contributed by atoms with E-state index in [-0.39, 0.29) is 5.91 Å². The zero-order chi connectivity index (χ0) is 27.3. The average molecular weight is 519 g/mol. The van der Waals surface area contributed by atoms with E-state index >= 15 is 0 Å². The number of nitrogens with zero attached hydrogens (tertiary/aromatic N) is 2. The third kappa shape index (κ3) is 10.3. The van der Waals surface area contributed by atoms with Crippen molar-refractivity contribution in [2.24, 2.45) is 5.73 Å². The van der Waals surface area contributed by atoms with Crippen LogP contribution in [0, 0.1) is 0 Å². The Morgan fingerprint density at radius 2 is 1.34 bits per heavy atom. The number of nitrogens with one attached hydrogen (secondary N) is 3. The molecule has 0 atom stereocenters. The van der Waals surface area contributed by atoms with Crippen molar-refractivity contribution in [1.29, 1.82) is 0 Å². The number of amides is 5. The molecule has 5 N–H and O–H groups in total. The van der Waals surface area contributed by atoms with Crippen LogP contribution in [-0.4, -0.2) is 61.5 Å². The SMILES string of the molecule is CN(CCCN(C)Cc1ccc(NC(=O)NC(N)=O)cc1)CC(=O)Nc1ccc(Oc2ccccc2)cc1. The zero-order valence-electron chi connectivity index (χ0n) is 21.6. The molecule has 0 saturated carbocycles. The number of rotatable bonds is 12. The first-order valence-electron chi connectivity index (χ1n) is 12.2. The van der Waals surface area contributed by atoms with Gasteiger partial charge in [0.2, 0.25) is 5.91 Å². The number of hydrogen-bond acceptors (Lipinski definition) is 6. The van der Waals surface area contributed by atoms with E-state index in [0.717, 1.165) is 43.1 Å². The molecule has 200 valence electrons. The van der Waals surface area contributed by atoms with Crippen LogP contribution in [-0.2, 0) is 11.3 Å². The van der Waals surface area contributed by atoms with E-state index in [9.17, 15) is 14.4 Å². The maximum atomic E-state index is 12.4. The number of ether oxygens (including phenoxy) is 1. The van der Waals surface area contributed by atoms with Crippen LogP contribution in [0.1, 0.15) is 12.0 Å². The van der Waals surface area contributed by atoms with Crippen LogP contribution in [0.15, 0.2) is 78.9 Å². The van der Waals surface area contributed by atoms with E-state index in [2.05, 4.69) is 15.5 Å². The van der Waals surface area contributed by atoms with Gasteiger partial charge in [-0.15, -0.1) is 0 Å². The molecule has 10 nitrogen and oxygen atoms in total. The molecule has 0 saturated heterocycles. The predicted octanol–water partition coefficient (Wildman–Crippen LogP) is 4.07. The van der Waals surface area contributed by atoms with Gasteiger partial charge in [-0.25, -0.2) is 9.59 Å². The van der Waals surface area contributed by atoms with Gasteiger partial charge in [0.15, 0.2) is 0 Å². The van der Waals surface area contributed by atoms with Crippen molar-refractivity contribution >= 4 is 29.3 Å². The number of urea groups is 2. The molecule has 0 spiro atoms. The molecule has 0 aliphatic rings. The Kier molecular flexibility index (Phi) is 10.6. The molecular formula is C28H34N6O4. The molecule has 0 aliphatic carbocycles. The van der Waals surface area contributed by atoms with E-state index < -0.39 is 12.1 Å². The molecule has 0 aromatic heterocycles. The normalized spacial score (nSPS) is 10.7. The molecule has 10 heteroatoms. The smallest absolute Gasteiger partial charge is 0.327 e. The van der Waals surface area contributed by atoms with Crippen molar-refractivity contribution in [2.75, 3.05) is 44.4 Å². The average Bonchev–Trinajstić information content (AvgIpc) is 2.86. The van der Waals surface area contributed by atoms with Gasteiger partial charge in [0.25, 0.3) is 0 Å². The summed E-state index contributed by atoms with van der Waals surface area (Å²) in [5.74, 6) is 1.39. The Bertz CT molecular complexity index is 1190. The van der Waals surface area contributed by atoms with Crippen LogP contribution >= 0.6 is 0 Å². The number of likely N-dealkylation sites (N-methyl/N-ethyl adjacent to an activating group) is 1. The molecule has 3 aromatic carbocycles. The zero-order valence-corrected chi connectivity index (χ0v) is 21.6. The van der Waals surface area contributed by atoms with Gasteiger partial charge in [-0.2, -0.15) is 0 Å². The van der Waals surface area contributed by atoms with Gasteiger partial charge in [0.05, 0.1) is 6.54 Å². The lowest BCUT2D eigenvalue weighted by Gasteiger charge is -2.20. The Balaban J connectivity index is 1.32. The fourth-order valence-corrected chi connectivity index (χ4v) is 3.72. The van der Waals surface area contributed by atoms with Crippen molar-refractivity contribution in [3.8, 4) is 11.5 Å². The monoisotopic (exact) mass is 518 g/mol.